The van der Waals surface area contributed by atoms with Gasteiger partial charge >= 0.3 is 0 Å². The summed E-state index contributed by atoms with van der Waals surface area (Å²) >= 11 is 0. The first-order chi connectivity index (χ1) is 16.9. The molecule has 180 valence electrons. The standard InChI is InChI=1S/C15H17N.C13H17N3.C2H6/c1-2-6-14-12(4-1)5-3-7-15(14)13-8-10-16-11-9-13;1-2-10-8-13(10)12(3-1)15-9-16(13)11-4-6-14-7-5-11;1-2/h1-7,13,16H,8-11H2;1-3,9-11,14H,4-8H2;1-2H3. The van der Waals surface area contributed by atoms with Gasteiger partial charge in [-0.2, -0.15) is 0 Å². The lowest BCUT2D eigenvalue weighted by atomic mass is 9.87. The lowest BCUT2D eigenvalue weighted by molar-refractivity contribution is 0.212. The number of aliphatic imine (C=N–C) groups is 1. The van der Waals surface area contributed by atoms with E-state index >= 15 is 0 Å². The summed E-state index contributed by atoms with van der Waals surface area (Å²) in [4.78, 5) is 7.18. The fraction of sp³-hybridized carbons (Fsp3) is 0.500. The van der Waals surface area contributed by atoms with Crippen LogP contribution in [-0.2, 0) is 0 Å². The van der Waals surface area contributed by atoms with E-state index in [-0.39, 0.29) is 5.54 Å². The number of hydrogen-bond donors (Lipinski definition) is 2. The highest BCUT2D eigenvalue weighted by atomic mass is 15.3. The zero-order chi connectivity index (χ0) is 23.4. The molecule has 4 heteroatoms. The van der Waals surface area contributed by atoms with E-state index in [2.05, 4.69) is 87.6 Å². The summed E-state index contributed by atoms with van der Waals surface area (Å²) < 4.78 is 0. The molecule has 2 atom stereocenters. The van der Waals surface area contributed by atoms with Crippen LogP contribution in [0.4, 0.5) is 0 Å². The molecule has 3 aliphatic heterocycles. The number of rotatable bonds is 2. The van der Waals surface area contributed by atoms with Gasteiger partial charge in [0.25, 0.3) is 0 Å². The van der Waals surface area contributed by atoms with Crippen molar-refractivity contribution in [2.45, 2.75) is 63.5 Å². The van der Waals surface area contributed by atoms with Crippen LogP contribution >= 0.6 is 0 Å². The molecule has 2 unspecified atom stereocenters. The molecule has 3 fully saturated rings. The van der Waals surface area contributed by atoms with Gasteiger partial charge in [0.1, 0.15) is 0 Å². The van der Waals surface area contributed by atoms with Crippen molar-refractivity contribution in [2.24, 2.45) is 10.9 Å². The van der Waals surface area contributed by atoms with Crippen molar-refractivity contribution in [3.63, 3.8) is 0 Å². The highest BCUT2D eigenvalue weighted by Gasteiger charge is 2.63. The molecule has 0 radical (unpaired) electrons. The van der Waals surface area contributed by atoms with Crippen molar-refractivity contribution in [1.82, 2.24) is 15.5 Å². The maximum atomic E-state index is 4.62. The van der Waals surface area contributed by atoms with Crippen LogP contribution in [0.1, 0.15) is 57.4 Å². The molecular weight excluding hydrogens is 416 g/mol. The van der Waals surface area contributed by atoms with Crippen LogP contribution in [0.3, 0.4) is 0 Å². The molecule has 1 spiro atoms. The number of benzene rings is 2. The zero-order valence-electron chi connectivity index (χ0n) is 20.8. The van der Waals surface area contributed by atoms with Crippen LogP contribution in [0, 0.1) is 5.92 Å². The molecule has 3 heterocycles. The smallest absolute Gasteiger partial charge is 0.0919 e. The first-order valence-electron chi connectivity index (χ1n) is 13.5. The predicted octanol–water partition coefficient (Wildman–Crippen LogP) is 5.63. The molecule has 2 aliphatic carbocycles. The van der Waals surface area contributed by atoms with E-state index in [9.17, 15) is 0 Å². The van der Waals surface area contributed by atoms with Crippen LogP contribution in [0.25, 0.3) is 10.8 Å². The van der Waals surface area contributed by atoms with Gasteiger partial charge in [-0.3, -0.25) is 0 Å². The molecule has 0 bridgehead atoms. The lowest BCUT2D eigenvalue weighted by Gasteiger charge is -2.37. The minimum atomic E-state index is 0.288. The van der Waals surface area contributed by atoms with E-state index in [1.54, 1.807) is 5.56 Å². The third kappa shape index (κ3) is 4.34. The minimum absolute atomic E-state index is 0.288. The highest BCUT2D eigenvalue weighted by Crippen LogP contribution is 2.59. The maximum Gasteiger partial charge on any atom is 0.0919 e. The number of nitrogens with zero attached hydrogens (tertiary/aromatic N) is 2. The fourth-order valence-electron chi connectivity index (χ4n) is 6.28. The van der Waals surface area contributed by atoms with E-state index in [1.165, 1.54) is 48.6 Å². The predicted molar refractivity (Wildman–Crippen MR) is 144 cm³/mol. The van der Waals surface area contributed by atoms with Crippen LogP contribution in [-0.4, -0.2) is 49.0 Å². The molecule has 0 amide bonds. The molecule has 4 nitrogen and oxygen atoms in total. The van der Waals surface area contributed by atoms with Crippen LogP contribution in [0.15, 0.2) is 71.4 Å². The Morgan fingerprint density at radius 3 is 2.38 bits per heavy atom. The van der Waals surface area contributed by atoms with Gasteiger partial charge in [0.2, 0.25) is 0 Å². The lowest BCUT2D eigenvalue weighted by Crippen LogP contribution is -2.47. The molecule has 34 heavy (non-hydrogen) atoms. The SMILES string of the molecule is C1=CC2CC23C(=C1)N=CN3C1CCNCC1.CC.c1ccc2c(C3CCNCC3)cccc2c1. The Labute approximate surface area is 205 Å². The van der Waals surface area contributed by atoms with Gasteiger partial charge in [0.05, 0.1) is 17.6 Å². The quantitative estimate of drug-likeness (QED) is 0.615. The molecule has 5 aliphatic rings. The van der Waals surface area contributed by atoms with Crippen molar-refractivity contribution in [1.29, 1.82) is 0 Å². The highest BCUT2D eigenvalue weighted by molar-refractivity contribution is 5.86. The number of nitrogens with one attached hydrogen (secondary N) is 2. The Morgan fingerprint density at radius 1 is 0.882 bits per heavy atom. The second-order valence-electron chi connectivity index (χ2n) is 9.90. The van der Waals surface area contributed by atoms with E-state index in [4.69, 9.17) is 0 Å². The Bertz CT molecular complexity index is 1050. The summed E-state index contributed by atoms with van der Waals surface area (Å²) in [6, 6.07) is 16.1. The molecule has 2 saturated heterocycles. The molecule has 2 aromatic rings. The fourth-order valence-corrected chi connectivity index (χ4v) is 6.28. The number of fused-ring (bicyclic) bond motifs is 1. The second kappa shape index (κ2) is 10.5. The van der Waals surface area contributed by atoms with E-state index < -0.39 is 0 Å². The second-order valence-corrected chi connectivity index (χ2v) is 9.90. The first-order valence-corrected chi connectivity index (χ1v) is 13.5. The average molecular weight is 457 g/mol. The van der Waals surface area contributed by atoms with Crippen molar-refractivity contribution in [3.05, 3.63) is 72.0 Å². The van der Waals surface area contributed by atoms with Gasteiger partial charge in [-0.25, -0.2) is 4.99 Å². The summed E-state index contributed by atoms with van der Waals surface area (Å²) in [6.07, 6.45) is 15.2. The number of hydrogen-bond acceptors (Lipinski definition) is 4. The summed E-state index contributed by atoms with van der Waals surface area (Å²) in [5.74, 6) is 1.47. The van der Waals surface area contributed by atoms with Gasteiger partial charge < -0.3 is 15.5 Å². The topological polar surface area (TPSA) is 39.7 Å². The third-order valence-corrected chi connectivity index (χ3v) is 8.11. The van der Waals surface area contributed by atoms with Gasteiger partial charge in [-0.1, -0.05) is 68.5 Å². The summed E-state index contributed by atoms with van der Waals surface area (Å²) in [5.41, 5.74) is 3.13. The van der Waals surface area contributed by atoms with E-state index in [1.807, 2.05) is 13.8 Å². The van der Waals surface area contributed by atoms with Crippen molar-refractivity contribution < 1.29 is 0 Å². The number of piperidine rings is 2. The zero-order valence-corrected chi connectivity index (χ0v) is 20.8. The summed E-state index contributed by atoms with van der Waals surface area (Å²) in [5, 5.41) is 9.68. The number of allylic oxidation sites excluding steroid dienone is 2. The van der Waals surface area contributed by atoms with Gasteiger partial charge in [-0.15, -0.1) is 0 Å². The van der Waals surface area contributed by atoms with Crippen LogP contribution in [0.5, 0.6) is 0 Å². The van der Waals surface area contributed by atoms with Gasteiger partial charge in [-0.05, 0) is 86.6 Å². The Hall–Kier alpha value is -2.43. The Balaban J connectivity index is 0.000000132. The van der Waals surface area contributed by atoms with Crippen molar-refractivity contribution in [2.75, 3.05) is 26.2 Å². The average Bonchev–Trinajstić information content (AvgIpc) is 3.56. The van der Waals surface area contributed by atoms with Gasteiger partial charge in [0.15, 0.2) is 0 Å². The Kier molecular flexibility index (Phi) is 7.17. The monoisotopic (exact) mass is 456 g/mol. The molecule has 0 aromatic heterocycles. The minimum Gasteiger partial charge on any atom is -0.348 e. The molecular formula is C30H40N4. The summed E-state index contributed by atoms with van der Waals surface area (Å²) in [6.45, 7) is 8.64. The van der Waals surface area contributed by atoms with E-state index in [0.29, 0.717) is 6.04 Å². The third-order valence-electron chi connectivity index (χ3n) is 8.11. The van der Waals surface area contributed by atoms with Crippen LogP contribution in [0.2, 0.25) is 0 Å². The van der Waals surface area contributed by atoms with Crippen molar-refractivity contribution in [3.8, 4) is 0 Å². The molecule has 7 rings (SSSR count). The summed E-state index contributed by atoms with van der Waals surface area (Å²) in [7, 11) is 0. The molecule has 2 N–H and O–H groups in total. The van der Waals surface area contributed by atoms with Crippen LogP contribution < -0.4 is 10.6 Å². The normalized spacial score (nSPS) is 27.6. The molecule has 2 aromatic carbocycles. The maximum absolute atomic E-state index is 4.62. The van der Waals surface area contributed by atoms with Crippen molar-refractivity contribution >= 4 is 17.1 Å². The molecule has 1 saturated carbocycles. The van der Waals surface area contributed by atoms with E-state index in [0.717, 1.165) is 38.0 Å². The largest absolute Gasteiger partial charge is 0.348 e. The van der Waals surface area contributed by atoms with Gasteiger partial charge in [0, 0.05) is 12.0 Å². The first kappa shape index (κ1) is 23.3. The Morgan fingerprint density at radius 2 is 1.59 bits per heavy atom.